The topological polar surface area (TPSA) is 83.6 Å². The van der Waals surface area contributed by atoms with E-state index in [1.165, 1.54) is 25.7 Å². The van der Waals surface area contributed by atoms with Crippen LogP contribution in [-0.4, -0.2) is 26.1 Å². The number of nitrogens with one attached hydrogen (secondary N) is 2. The first-order valence-electron chi connectivity index (χ1n) is 8.34. The Bertz CT molecular complexity index is 633. The summed E-state index contributed by atoms with van der Waals surface area (Å²) < 4.78 is 0. The van der Waals surface area contributed by atoms with Crippen molar-refractivity contribution in [3.63, 3.8) is 0 Å². The first-order valence-corrected chi connectivity index (χ1v) is 8.34. The van der Waals surface area contributed by atoms with E-state index < -0.39 is 0 Å². The van der Waals surface area contributed by atoms with Gasteiger partial charge in [0, 0.05) is 24.4 Å². The lowest BCUT2D eigenvalue weighted by Gasteiger charge is -2.12. The van der Waals surface area contributed by atoms with Gasteiger partial charge in [-0.2, -0.15) is 5.10 Å². The number of carbonyl (C=O) groups is 1. The number of aromatic amines is 1. The molecule has 2 heterocycles. The average molecular weight is 313 g/mol. The van der Waals surface area contributed by atoms with Crippen LogP contribution in [0.2, 0.25) is 0 Å². The lowest BCUT2D eigenvalue weighted by atomic mass is 10.0. The van der Waals surface area contributed by atoms with Crippen molar-refractivity contribution in [2.24, 2.45) is 5.92 Å². The summed E-state index contributed by atoms with van der Waals surface area (Å²) in [7, 11) is 0. The summed E-state index contributed by atoms with van der Waals surface area (Å²) in [5, 5.41) is 10.1. The van der Waals surface area contributed by atoms with Crippen molar-refractivity contribution in [3.05, 3.63) is 30.4 Å². The van der Waals surface area contributed by atoms with E-state index >= 15 is 0 Å². The number of rotatable bonds is 6. The first-order chi connectivity index (χ1) is 11.2. The highest BCUT2D eigenvalue weighted by Crippen LogP contribution is 2.28. The number of aromatic nitrogens is 4. The van der Waals surface area contributed by atoms with Crippen LogP contribution in [0.5, 0.6) is 0 Å². The maximum Gasteiger partial charge on any atom is 0.220 e. The summed E-state index contributed by atoms with van der Waals surface area (Å²) in [5.41, 5.74) is 0.856. The molecule has 1 amide bonds. The van der Waals surface area contributed by atoms with Crippen molar-refractivity contribution < 1.29 is 4.79 Å². The zero-order valence-electron chi connectivity index (χ0n) is 13.5. The Morgan fingerprint density at radius 3 is 3.00 bits per heavy atom. The van der Waals surface area contributed by atoms with Crippen LogP contribution in [0.15, 0.2) is 24.5 Å². The van der Waals surface area contributed by atoms with Gasteiger partial charge < -0.3 is 5.32 Å². The molecular formula is C17H23N5O. The van der Waals surface area contributed by atoms with E-state index in [4.69, 9.17) is 0 Å². The third-order valence-corrected chi connectivity index (χ3v) is 4.46. The summed E-state index contributed by atoms with van der Waals surface area (Å²) in [6.07, 6.45) is 10.2. The summed E-state index contributed by atoms with van der Waals surface area (Å²) in [6.45, 7) is 1.92. The van der Waals surface area contributed by atoms with E-state index in [9.17, 15) is 4.79 Å². The predicted octanol–water partition coefficient (Wildman–Crippen LogP) is 3.01. The molecule has 0 aliphatic heterocycles. The van der Waals surface area contributed by atoms with Crippen LogP contribution in [0.3, 0.4) is 0 Å². The van der Waals surface area contributed by atoms with Crippen LogP contribution in [0.4, 0.5) is 0 Å². The van der Waals surface area contributed by atoms with Crippen molar-refractivity contribution in [3.8, 4) is 11.4 Å². The van der Waals surface area contributed by atoms with Gasteiger partial charge in [0.05, 0.1) is 6.04 Å². The highest BCUT2D eigenvalue weighted by molar-refractivity contribution is 5.76. The average Bonchev–Trinajstić information content (AvgIpc) is 3.25. The summed E-state index contributed by atoms with van der Waals surface area (Å²) in [6, 6.07) is 3.58. The van der Waals surface area contributed by atoms with E-state index in [0.29, 0.717) is 18.1 Å². The lowest BCUT2D eigenvalue weighted by molar-refractivity contribution is -0.122. The largest absolute Gasteiger partial charge is 0.346 e. The Labute approximate surface area is 136 Å². The van der Waals surface area contributed by atoms with Crippen molar-refractivity contribution >= 4 is 5.91 Å². The van der Waals surface area contributed by atoms with E-state index in [2.05, 4.69) is 25.5 Å². The Balaban J connectivity index is 1.52. The number of hydrogen-bond donors (Lipinski definition) is 2. The van der Waals surface area contributed by atoms with E-state index in [0.717, 1.165) is 17.9 Å². The molecule has 6 heteroatoms. The fourth-order valence-corrected chi connectivity index (χ4v) is 3.11. The fourth-order valence-electron chi connectivity index (χ4n) is 3.11. The van der Waals surface area contributed by atoms with Gasteiger partial charge >= 0.3 is 0 Å². The summed E-state index contributed by atoms with van der Waals surface area (Å²) in [5.74, 6) is 2.08. The van der Waals surface area contributed by atoms with Gasteiger partial charge in [-0.15, -0.1) is 0 Å². The molecule has 1 saturated carbocycles. The third-order valence-electron chi connectivity index (χ3n) is 4.46. The number of carbonyl (C=O) groups excluding carboxylic acids is 1. The number of nitrogens with zero attached hydrogens (tertiary/aromatic N) is 3. The molecule has 1 aliphatic carbocycles. The minimum absolute atomic E-state index is 0.0868. The monoisotopic (exact) mass is 313 g/mol. The fraction of sp³-hybridized carbons (Fsp3) is 0.529. The Morgan fingerprint density at radius 2 is 2.26 bits per heavy atom. The molecule has 3 rings (SSSR count). The maximum absolute atomic E-state index is 12.1. The second-order valence-corrected chi connectivity index (χ2v) is 6.26. The highest BCUT2D eigenvalue weighted by atomic mass is 16.1. The molecule has 1 unspecified atom stereocenters. The van der Waals surface area contributed by atoms with E-state index in [-0.39, 0.29) is 11.9 Å². The molecule has 0 spiro atoms. The molecule has 0 bridgehead atoms. The zero-order chi connectivity index (χ0) is 16.1. The number of H-pyrrole nitrogens is 1. The molecule has 2 aromatic heterocycles. The lowest BCUT2D eigenvalue weighted by Crippen LogP contribution is -2.27. The van der Waals surface area contributed by atoms with Crippen LogP contribution in [-0.2, 0) is 4.79 Å². The van der Waals surface area contributed by atoms with E-state index in [1.54, 1.807) is 12.4 Å². The smallest absolute Gasteiger partial charge is 0.220 e. The van der Waals surface area contributed by atoms with Crippen LogP contribution >= 0.6 is 0 Å². The molecule has 122 valence electrons. The van der Waals surface area contributed by atoms with Gasteiger partial charge in [0.1, 0.15) is 5.82 Å². The standard InChI is InChI=1S/C17H23N5O/c1-12(19-15(23)9-8-13-5-2-3-6-13)16-20-17(22-21-16)14-7-4-10-18-11-14/h4,7,10-13H,2-3,5-6,8-9H2,1H3,(H,19,23)(H,20,21,22). The predicted molar refractivity (Wildman–Crippen MR) is 87.4 cm³/mol. The van der Waals surface area contributed by atoms with E-state index in [1.807, 2.05) is 19.1 Å². The number of amides is 1. The normalized spacial score (nSPS) is 16.4. The molecule has 1 atom stereocenters. The zero-order valence-corrected chi connectivity index (χ0v) is 13.5. The molecule has 23 heavy (non-hydrogen) atoms. The van der Waals surface area contributed by atoms with Gasteiger partial charge in [0.25, 0.3) is 0 Å². The molecule has 0 aromatic carbocycles. The van der Waals surface area contributed by atoms with Crippen LogP contribution in [0, 0.1) is 5.92 Å². The number of pyridine rings is 1. The van der Waals surface area contributed by atoms with Crippen molar-refractivity contribution in [1.29, 1.82) is 0 Å². The van der Waals surface area contributed by atoms with Crippen molar-refractivity contribution in [2.75, 3.05) is 0 Å². The van der Waals surface area contributed by atoms with Gasteiger partial charge in [-0.1, -0.05) is 25.7 Å². The molecule has 2 aromatic rings. The maximum atomic E-state index is 12.1. The summed E-state index contributed by atoms with van der Waals surface area (Å²) >= 11 is 0. The Kier molecular flexibility index (Phi) is 5.00. The minimum Gasteiger partial charge on any atom is -0.346 e. The molecule has 2 N–H and O–H groups in total. The third kappa shape index (κ3) is 4.15. The van der Waals surface area contributed by atoms with Gasteiger partial charge in [-0.3, -0.25) is 14.9 Å². The minimum atomic E-state index is -0.177. The second kappa shape index (κ2) is 7.35. The molecule has 0 radical (unpaired) electrons. The quantitative estimate of drug-likeness (QED) is 0.858. The number of hydrogen-bond acceptors (Lipinski definition) is 4. The van der Waals surface area contributed by atoms with Crippen molar-refractivity contribution in [1.82, 2.24) is 25.5 Å². The summed E-state index contributed by atoms with van der Waals surface area (Å²) in [4.78, 5) is 20.6. The highest BCUT2D eigenvalue weighted by Gasteiger charge is 2.18. The second-order valence-electron chi connectivity index (χ2n) is 6.26. The van der Waals surface area contributed by atoms with Crippen molar-refractivity contribution in [2.45, 2.75) is 51.5 Å². The SMILES string of the molecule is CC(NC(=O)CCC1CCCC1)c1nc(-c2cccnc2)n[nH]1. The van der Waals surface area contributed by atoms with Gasteiger partial charge in [-0.05, 0) is 31.4 Å². The first kappa shape index (κ1) is 15.6. The molecule has 6 nitrogen and oxygen atoms in total. The van der Waals surface area contributed by atoms with Gasteiger partial charge in [-0.25, -0.2) is 4.98 Å². The molecule has 0 saturated heterocycles. The van der Waals surface area contributed by atoms with Crippen LogP contribution in [0.1, 0.15) is 57.3 Å². The molecule has 1 aliphatic rings. The molecular weight excluding hydrogens is 290 g/mol. The Hall–Kier alpha value is -2.24. The Morgan fingerprint density at radius 1 is 1.43 bits per heavy atom. The van der Waals surface area contributed by atoms with Gasteiger partial charge in [0.2, 0.25) is 5.91 Å². The molecule has 1 fully saturated rings. The van der Waals surface area contributed by atoms with Crippen LogP contribution < -0.4 is 5.32 Å². The van der Waals surface area contributed by atoms with Crippen LogP contribution in [0.25, 0.3) is 11.4 Å². The van der Waals surface area contributed by atoms with Gasteiger partial charge in [0.15, 0.2) is 5.82 Å².